The standard InChI is InChI=1S/C18H17N3O2S/c22-16(19-12-13-7-3-1-4-8-13)11-15-17(23)21-18(24-15)20-14-9-5-2-6-10-14/h1-10,15H,11-12H2,(H,19,22)(H,20,21,23). The lowest BCUT2D eigenvalue weighted by atomic mass is 10.2. The van der Waals surface area contributed by atoms with Crippen LogP contribution in [0.2, 0.25) is 0 Å². The van der Waals surface area contributed by atoms with Crippen LogP contribution in [-0.4, -0.2) is 22.2 Å². The van der Waals surface area contributed by atoms with E-state index in [1.165, 1.54) is 11.8 Å². The molecule has 2 amide bonds. The zero-order valence-electron chi connectivity index (χ0n) is 12.9. The molecule has 1 fully saturated rings. The van der Waals surface area contributed by atoms with E-state index >= 15 is 0 Å². The predicted octanol–water partition coefficient (Wildman–Crippen LogP) is 2.61. The molecule has 5 nitrogen and oxygen atoms in total. The summed E-state index contributed by atoms with van der Waals surface area (Å²) in [5, 5.41) is 5.66. The number of nitrogens with one attached hydrogen (secondary N) is 2. The van der Waals surface area contributed by atoms with Crippen molar-refractivity contribution in [3.8, 4) is 0 Å². The smallest absolute Gasteiger partial charge is 0.240 e. The molecule has 0 aromatic heterocycles. The van der Waals surface area contributed by atoms with E-state index < -0.39 is 5.25 Å². The Morgan fingerprint density at radius 3 is 2.46 bits per heavy atom. The first-order chi connectivity index (χ1) is 11.7. The summed E-state index contributed by atoms with van der Waals surface area (Å²) in [4.78, 5) is 28.4. The Labute approximate surface area is 144 Å². The Balaban J connectivity index is 1.53. The van der Waals surface area contributed by atoms with Gasteiger partial charge in [-0.3, -0.25) is 9.59 Å². The third-order valence-electron chi connectivity index (χ3n) is 3.47. The fourth-order valence-electron chi connectivity index (χ4n) is 2.25. The van der Waals surface area contributed by atoms with E-state index in [9.17, 15) is 9.59 Å². The van der Waals surface area contributed by atoms with Crippen molar-refractivity contribution >= 4 is 34.4 Å². The largest absolute Gasteiger partial charge is 0.352 e. The van der Waals surface area contributed by atoms with Crippen LogP contribution >= 0.6 is 11.8 Å². The van der Waals surface area contributed by atoms with Gasteiger partial charge in [-0.15, -0.1) is 0 Å². The van der Waals surface area contributed by atoms with Crippen molar-refractivity contribution in [3.05, 3.63) is 66.2 Å². The molecular formula is C18H17N3O2S. The lowest BCUT2D eigenvalue weighted by Crippen LogP contribution is -2.31. The number of carbonyl (C=O) groups excluding carboxylic acids is 2. The molecule has 122 valence electrons. The lowest BCUT2D eigenvalue weighted by molar-refractivity contribution is -0.125. The maximum atomic E-state index is 12.0. The van der Waals surface area contributed by atoms with E-state index in [0.29, 0.717) is 11.7 Å². The number of hydrogen-bond donors (Lipinski definition) is 2. The van der Waals surface area contributed by atoms with E-state index in [4.69, 9.17) is 0 Å². The summed E-state index contributed by atoms with van der Waals surface area (Å²) < 4.78 is 0. The van der Waals surface area contributed by atoms with E-state index in [2.05, 4.69) is 15.6 Å². The topological polar surface area (TPSA) is 70.6 Å². The minimum atomic E-state index is -0.441. The van der Waals surface area contributed by atoms with Gasteiger partial charge in [0.15, 0.2) is 5.17 Å². The van der Waals surface area contributed by atoms with Crippen molar-refractivity contribution in [1.82, 2.24) is 10.6 Å². The lowest BCUT2D eigenvalue weighted by Gasteiger charge is -2.07. The third kappa shape index (κ3) is 4.45. The highest BCUT2D eigenvalue weighted by Crippen LogP contribution is 2.24. The zero-order valence-corrected chi connectivity index (χ0v) is 13.8. The van der Waals surface area contributed by atoms with E-state index in [1.807, 2.05) is 60.7 Å². The van der Waals surface area contributed by atoms with Gasteiger partial charge in [0.05, 0.1) is 5.69 Å². The zero-order chi connectivity index (χ0) is 16.8. The van der Waals surface area contributed by atoms with Crippen LogP contribution in [-0.2, 0) is 16.1 Å². The van der Waals surface area contributed by atoms with E-state index in [1.54, 1.807) is 0 Å². The van der Waals surface area contributed by atoms with Crippen molar-refractivity contribution < 1.29 is 9.59 Å². The number of aliphatic imine (C=N–C) groups is 1. The number of thioether (sulfide) groups is 1. The van der Waals surface area contributed by atoms with Crippen LogP contribution < -0.4 is 10.6 Å². The fraction of sp³-hybridized carbons (Fsp3) is 0.167. The molecule has 1 aliphatic heterocycles. The first kappa shape index (κ1) is 16.3. The predicted molar refractivity (Wildman–Crippen MR) is 96.0 cm³/mol. The number of amidine groups is 1. The number of carbonyl (C=O) groups is 2. The van der Waals surface area contributed by atoms with Crippen molar-refractivity contribution in [3.63, 3.8) is 0 Å². The van der Waals surface area contributed by atoms with Crippen LogP contribution in [0, 0.1) is 0 Å². The summed E-state index contributed by atoms with van der Waals surface area (Å²) in [6.07, 6.45) is 0.136. The van der Waals surface area contributed by atoms with Gasteiger partial charge >= 0.3 is 0 Å². The fourth-order valence-corrected chi connectivity index (χ4v) is 3.24. The molecule has 0 spiro atoms. The third-order valence-corrected chi connectivity index (χ3v) is 4.55. The minimum absolute atomic E-state index is 0.136. The number of amides is 2. The molecule has 24 heavy (non-hydrogen) atoms. The average Bonchev–Trinajstić information content (AvgIpc) is 2.94. The highest BCUT2D eigenvalue weighted by atomic mass is 32.2. The normalized spacial score (nSPS) is 18.4. The number of hydrogen-bond acceptors (Lipinski definition) is 4. The van der Waals surface area contributed by atoms with Crippen molar-refractivity contribution in [2.45, 2.75) is 18.2 Å². The highest BCUT2D eigenvalue weighted by molar-refractivity contribution is 8.15. The van der Waals surface area contributed by atoms with Crippen LogP contribution in [0.4, 0.5) is 5.69 Å². The second-order valence-corrected chi connectivity index (χ2v) is 6.51. The molecule has 1 saturated heterocycles. The van der Waals surface area contributed by atoms with Crippen molar-refractivity contribution in [2.24, 2.45) is 4.99 Å². The van der Waals surface area contributed by atoms with Gasteiger partial charge in [0, 0.05) is 13.0 Å². The van der Waals surface area contributed by atoms with Gasteiger partial charge < -0.3 is 10.6 Å². The number of rotatable bonds is 5. The molecule has 0 radical (unpaired) electrons. The summed E-state index contributed by atoms with van der Waals surface area (Å²) in [7, 11) is 0. The molecule has 0 saturated carbocycles. The van der Waals surface area contributed by atoms with Gasteiger partial charge in [0.2, 0.25) is 11.8 Å². The van der Waals surface area contributed by atoms with Crippen LogP contribution in [0.5, 0.6) is 0 Å². The molecule has 2 N–H and O–H groups in total. The van der Waals surface area contributed by atoms with Gasteiger partial charge in [0.25, 0.3) is 0 Å². The summed E-state index contributed by atoms with van der Waals surface area (Å²) >= 11 is 1.29. The maximum Gasteiger partial charge on any atom is 0.240 e. The first-order valence-corrected chi connectivity index (χ1v) is 8.50. The number of para-hydroxylation sites is 1. The Kier molecular flexibility index (Phi) is 5.28. The second kappa shape index (κ2) is 7.79. The number of nitrogens with zero attached hydrogens (tertiary/aromatic N) is 1. The molecular weight excluding hydrogens is 322 g/mol. The summed E-state index contributed by atoms with van der Waals surface area (Å²) in [5.41, 5.74) is 1.80. The highest BCUT2D eigenvalue weighted by Gasteiger charge is 2.31. The quantitative estimate of drug-likeness (QED) is 0.880. The molecule has 6 heteroatoms. The van der Waals surface area contributed by atoms with Crippen LogP contribution in [0.15, 0.2) is 65.7 Å². The van der Waals surface area contributed by atoms with Crippen LogP contribution in [0.25, 0.3) is 0 Å². The maximum absolute atomic E-state index is 12.0. The Morgan fingerprint density at radius 2 is 1.75 bits per heavy atom. The minimum Gasteiger partial charge on any atom is -0.352 e. The molecule has 0 bridgehead atoms. The number of benzene rings is 2. The molecule has 1 atom stereocenters. The van der Waals surface area contributed by atoms with Gasteiger partial charge in [-0.2, -0.15) is 0 Å². The molecule has 1 aliphatic rings. The van der Waals surface area contributed by atoms with Crippen molar-refractivity contribution in [1.29, 1.82) is 0 Å². The average molecular weight is 339 g/mol. The van der Waals surface area contributed by atoms with Crippen molar-refractivity contribution in [2.75, 3.05) is 0 Å². The summed E-state index contributed by atoms with van der Waals surface area (Å²) in [6.45, 7) is 0.462. The van der Waals surface area contributed by atoms with E-state index in [0.717, 1.165) is 11.3 Å². The molecule has 2 aromatic rings. The van der Waals surface area contributed by atoms with Crippen LogP contribution in [0.1, 0.15) is 12.0 Å². The Bertz CT molecular complexity index is 747. The monoisotopic (exact) mass is 339 g/mol. The second-order valence-electron chi connectivity index (χ2n) is 5.31. The Morgan fingerprint density at radius 1 is 1.08 bits per heavy atom. The summed E-state index contributed by atoms with van der Waals surface area (Å²) in [5.74, 6) is -0.322. The Hall–Kier alpha value is -2.60. The first-order valence-electron chi connectivity index (χ1n) is 7.62. The molecule has 0 aliphatic carbocycles. The molecule has 3 rings (SSSR count). The van der Waals surface area contributed by atoms with E-state index in [-0.39, 0.29) is 18.2 Å². The van der Waals surface area contributed by atoms with Gasteiger partial charge in [-0.25, -0.2) is 4.99 Å². The van der Waals surface area contributed by atoms with Crippen LogP contribution in [0.3, 0.4) is 0 Å². The van der Waals surface area contributed by atoms with Gasteiger partial charge in [-0.1, -0.05) is 60.3 Å². The van der Waals surface area contributed by atoms with Gasteiger partial charge in [0.1, 0.15) is 5.25 Å². The molecule has 1 unspecified atom stereocenters. The molecule has 2 aromatic carbocycles. The molecule has 1 heterocycles. The summed E-state index contributed by atoms with van der Waals surface area (Å²) in [6, 6.07) is 19.1. The SMILES string of the molecule is O=C(CC1SC(=Nc2ccccc2)NC1=O)NCc1ccccc1. The van der Waals surface area contributed by atoms with Gasteiger partial charge in [-0.05, 0) is 17.7 Å².